The van der Waals surface area contributed by atoms with Crippen LogP contribution in [-0.2, 0) is 6.61 Å². The molecule has 1 atom stereocenters. The first kappa shape index (κ1) is 18.9. The molecule has 0 aliphatic rings. The van der Waals surface area contributed by atoms with Gasteiger partial charge in [0.1, 0.15) is 41.8 Å². The Hall–Kier alpha value is -2.90. The van der Waals surface area contributed by atoms with Crippen molar-refractivity contribution in [3.05, 3.63) is 66.2 Å². The molecule has 2 aromatic carbocycles. The number of hydrogen-bond donors (Lipinski definition) is 2. The van der Waals surface area contributed by atoms with Gasteiger partial charge in [-0.1, -0.05) is 5.16 Å². The molecule has 0 radical (unpaired) electrons. The Morgan fingerprint density at radius 3 is 2.33 bits per heavy atom. The van der Waals surface area contributed by atoms with Gasteiger partial charge in [-0.05, 0) is 55.5 Å². The Balaban J connectivity index is 1.58. The van der Waals surface area contributed by atoms with E-state index in [1.807, 2.05) is 12.1 Å². The van der Waals surface area contributed by atoms with E-state index in [2.05, 4.69) is 5.16 Å². The topological polar surface area (TPSA) is 85.0 Å². The first-order valence-corrected chi connectivity index (χ1v) is 8.36. The Labute approximate surface area is 155 Å². The highest BCUT2D eigenvalue weighted by Gasteiger charge is 2.19. The first-order valence-electron chi connectivity index (χ1n) is 8.36. The highest BCUT2D eigenvalue weighted by molar-refractivity contribution is 5.59. The van der Waals surface area contributed by atoms with Gasteiger partial charge in [-0.2, -0.15) is 0 Å². The summed E-state index contributed by atoms with van der Waals surface area (Å²) in [4.78, 5) is 0. The number of aliphatic hydroxyl groups is 2. The summed E-state index contributed by atoms with van der Waals surface area (Å²) in [5, 5.41) is 22.8. The van der Waals surface area contributed by atoms with Gasteiger partial charge in [0.15, 0.2) is 5.76 Å². The Kier molecular flexibility index (Phi) is 5.73. The van der Waals surface area contributed by atoms with Gasteiger partial charge in [0.25, 0.3) is 0 Å². The molecular weight excluding hydrogens is 353 g/mol. The van der Waals surface area contributed by atoms with E-state index >= 15 is 0 Å². The maximum Gasteiger partial charge on any atom is 0.174 e. The second kappa shape index (κ2) is 8.20. The molecule has 27 heavy (non-hydrogen) atoms. The van der Waals surface area contributed by atoms with Crippen LogP contribution in [0.3, 0.4) is 0 Å². The normalized spacial score (nSPS) is 13.2. The van der Waals surface area contributed by atoms with Gasteiger partial charge in [-0.15, -0.1) is 0 Å². The first-order chi connectivity index (χ1) is 12.9. The monoisotopic (exact) mass is 373 g/mol. The third-order valence-electron chi connectivity index (χ3n) is 3.79. The highest BCUT2D eigenvalue weighted by atomic mass is 19.1. The molecular formula is C20H20FNO5. The van der Waals surface area contributed by atoms with E-state index in [0.717, 1.165) is 5.56 Å². The van der Waals surface area contributed by atoms with E-state index in [-0.39, 0.29) is 25.6 Å². The quantitative estimate of drug-likeness (QED) is 0.631. The van der Waals surface area contributed by atoms with Crippen molar-refractivity contribution in [2.45, 2.75) is 19.1 Å². The van der Waals surface area contributed by atoms with Crippen LogP contribution in [0.5, 0.6) is 11.5 Å². The van der Waals surface area contributed by atoms with Crippen LogP contribution in [0.25, 0.3) is 11.3 Å². The van der Waals surface area contributed by atoms with E-state index in [0.29, 0.717) is 23.0 Å². The van der Waals surface area contributed by atoms with Crippen LogP contribution < -0.4 is 9.47 Å². The number of nitrogens with zero attached hydrogens (tertiary/aromatic N) is 1. The Morgan fingerprint density at radius 2 is 1.67 bits per heavy atom. The summed E-state index contributed by atoms with van der Waals surface area (Å²) in [5.74, 6) is 1.32. The average Bonchev–Trinajstić information content (AvgIpc) is 3.15. The lowest BCUT2D eigenvalue weighted by atomic mass is 10.1. The van der Waals surface area contributed by atoms with Crippen LogP contribution in [-0.4, -0.2) is 34.2 Å². The summed E-state index contributed by atoms with van der Waals surface area (Å²) in [7, 11) is 0. The summed E-state index contributed by atoms with van der Waals surface area (Å²) in [6.07, 6.45) is 0. The molecule has 1 unspecified atom stereocenters. The fraction of sp³-hybridized carbons (Fsp3) is 0.250. The van der Waals surface area contributed by atoms with Crippen LogP contribution in [0.15, 0.2) is 59.1 Å². The summed E-state index contributed by atoms with van der Waals surface area (Å²) in [6.45, 7) is 1.27. The minimum atomic E-state index is -1.29. The van der Waals surface area contributed by atoms with Crippen molar-refractivity contribution >= 4 is 0 Å². The van der Waals surface area contributed by atoms with Crippen molar-refractivity contribution in [1.29, 1.82) is 0 Å². The van der Waals surface area contributed by atoms with Crippen LogP contribution in [0.2, 0.25) is 0 Å². The molecule has 142 valence electrons. The van der Waals surface area contributed by atoms with Crippen LogP contribution in [0.1, 0.15) is 12.7 Å². The molecule has 0 amide bonds. The zero-order valence-corrected chi connectivity index (χ0v) is 14.8. The number of aromatic nitrogens is 1. The number of benzene rings is 2. The molecule has 0 aliphatic carbocycles. The number of rotatable bonds is 8. The third kappa shape index (κ3) is 5.29. The number of halogens is 1. The van der Waals surface area contributed by atoms with Gasteiger partial charge in [0, 0.05) is 11.6 Å². The summed E-state index contributed by atoms with van der Waals surface area (Å²) >= 11 is 0. The molecule has 0 fully saturated rings. The predicted octanol–water partition coefficient (Wildman–Crippen LogP) is 3.18. The lowest BCUT2D eigenvalue weighted by Gasteiger charge is -2.20. The smallest absolute Gasteiger partial charge is 0.174 e. The second-order valence-electron chi connectivity index (χ2n) is 6.39. The standard InChI is InChI=1S/C20H20FNO5/c1-20(24,12-23)13-26-17-6-2-14(3-7-17)19-10-18(27-22-19)11-25-16-8-4-15(21)5-9-16/h2-10,23-24H,11-13H2,1H3. The molecule has 3 aromatic rings. The van der Waals surface area contributed by atoms with Crippen LogP contribution >= 0.6 is 0 Å². The number of hydrogen-bond acceptors (Lipinski definition) is 6. The largest absolute Gasteiger partial charge is 0.491 e. The van der Waals surface area contributed by atoms with Gasteiger partial charge in [0.2, 0.25) is 0 Å². The summed E-state index contributed by atoms with van der Waals surface area (Å²) in [5.41, 5.74) is 0.180. The fourth-order valence-corrected chi connectivity index (χ4v) is 2.21. The molecule has 0 saturated heterocycles. The summed E-state index contributed by atoms with van der Waals surface area (Å²) < 4.78 is 29.1. The Morgan fingerprint density at radius 1 is 1.04 bits per heavy atom. The Bertz CT molecular complexity index is 859. The minimum absolute atomic E-state index is 0.0162. The molecule has 1 aromatic heterocycles. The van der Waals surface area contributed by atoms with Crippen LogP contribution in [0.4, 0.5) is 4.39 Å². The van der Waals surface area contributed by atoms with Crippen molar-refractivity contribution in [3.63, 3.8) is 0 Å². The van der Waals surface area contributed by atoms with Gasteiger partial charge in [-0.3, -0.25) is 0 Å². The minimum Gasteiger partial charge on any atom is -0.491 e. The molecule has 2 N–H and O–H groups in total. The van der Waals surface area contributed by atoms with Crippen molar-refractivity contribution < 1.29 is 28.6 Å². The maximum atomic E-state index is 12.9. The van der Waals surface area contributed by atoms with Crippen molar-refractivity contribution in [2.24, 2.45) is 0 Å². The highest BCUT2D eigenvalue weighted by Crippen LogP contribution is 2.23. The van der Waals surface area contributed by atoms with Crippen molar-refractivity contribution in [1.82, 2.24) is 5.16 Å². The van der Waals surface area contributed by atoms with E-state index in [1.54, 1.807) is 30.3 Å². The van der Waals surface area contributed by atoms with E-state index in [1.165, 1.54) is 19.1 Å². The molecule has 7 heteroatoms. The van der Waals surface area contributed by atoms with E-state index < -0.39 is 5.60 Å². The van der Waals surface area contributed by atoms with Gasteiger partial charge in [0.05, 0.1) is 6.61 Å². The molecule has 0 bridgehead atoms. The van der Waals surface area contributed by atoms with Crippen molar-refractivity contribution in [2.75, 3.05) is 13.2 Å². The van der Waals surface area contributed by atoms with Gasteiger partial charge >= 0.3 is 0 Å². The second-order valence-corrected chi connectivity index (χ2v) is 6.39. The van der Waals surface area contributed by atoms with E-state index in [4.69, 9.17) is 19.1 Å². The lowest BCUT2D eigenvalue weighted by Crippen LogP contribution is -2.36. The third-order valence-corrected chi connectivity index (χ3v) is 3.79. The summed E-state index contributed by atoms with van der Waals surface area (Å²) in [6, 6.07) is 14.6. The zero-order valence-electron chi connectivity index (χ0n) is 14.8. The molecule has 0 spiro atoms. The molecule has 0 aliphatic heterocycles. The zero-order chi connectivity index (χ0) is 19.3. The maximum absolute atomic E-state index is 12.9. The number of aliphatic hydroxyl groups excluding tert-OH is 1. The lowest BCUT2D eigenvalue weighted by molar-refractivity contribution is -0.0324. The molecule has 6 nitrogen and oxygen atoms in total. The predicted molar refractivity (Wildman–Crippen MR) is 95.9 cm³/mol. The fourth-order valence-electron chi connectivity index (χ4n) is 2.21. The van der Waals surface area contributed by atoms with Crippen LogP contribution in [0, 0.1) is 5.82 Å². The molecule has 1 heterocycles. The number of ether oxygens (including phenoxy) is 2. The average molecular weight is 373 g/mol. The van der Waals surface area contributed by atoms with E-state index in [9.17, 15) is 9.50 Å². The SMILES string of the molecule is CC(O)(CO)COc1ccc(-c2cc(COc3ccc(F)cc3)on2)cc1. The van der Waals surface area contributed by atoms with Crippen molar-refractivity contribution in [3.8, 4) is 22.8 Å². The van der Waals surface area contributed by atoms with Gasteiger partial charge in [-0.25, -0.2) is 4.39 Å². The molecule has 0 saturated carbocycles. The molecule has 3 rings (SSSR count). The van der Waals surface area contributed by atoms with Gasteiger partial charge < -0.3 is 24.2 Å².